The van der Waals surface area contributed by atoms with E-state index in [0.717, 1.165) is 75.2 Å². The summed E-state index contributed by atoms with van der Waals surface area (Å²) in [7, 11) is 0. The Morgan fingerprint density at radius 3 is 3.03 bits per heavy atom. The normalized spacial score (nSPS) is 24.7. The fourth-order valence-corrected chi connectivity index (χ4v) is 6.39. The number of aryl methyl sites for hydroxylation is 1. The monoisotopic (exact) mass is 474 g/mol. The molecule has 2 saturated heterocycles. The number of aromatic amines is 1. The maximum Gasteiger partial charge on any atom is 0.182 e. The van der Waals surface area contributed by atoms with Gasteiger partial charge >= 0.3 is 0 Å². The molecule has 3 atom stereocenters. The number of hydrogen-bond donors (Lipinski definition) is 1. The van der Waals surface area contributed by atoms with Crippen LogP contribution in [0.4, 0.5) is 5.82 Å². The molecule has 2 aromatic heterocycles. The molecular formula is C27H34N6O2. The molecule has 0 saturated carbocycles. The highest BCUT2D eigenvalue weighted by molar-refractivity contribution is 5.83. The molecule has 2 aliphatic heterocycles. The minimum Gasteiger partial charge on any atom is -0.491 e. The van der Waals surface area contributed by atoms with E-state index in [0.29, 0.717) is 30.0 Å². The van der Waals surface area contributed by atoms with Gasteiger partial charge in [0.1, 0.15) is 30.0 Å². The van der Waals surface area contributed by atoms with Crippen molar-refractivity contribution < 1.29 is 9.53 Å². The van der Waals surface area contributed by atoms with Gasteiger partial charge in [-0.25, -0.2) is 15.0 Å². The van der Waals surface area contributed by atoms with Crippen molar-refractivity contribution in [2.45, 2.75) is 64.0 Å². The van der Waals surface area contributed by atoms with Gasteiger partial charge in [-0.2, -0.15) is 0 Å². The van der Waals surface area contributed by atoms with Crippen LogP contribution in [0.15, 0.2) is 30.9 Å². The number of hydrogen-bond acceptors (Lipinski definition) is 7. The van der Waals surface area contributed by atoms with Crippen LogP contribution in [0.1, 0.15) is 50.2 Å². The number of nitrogens with zero attached hydrogens (tertiary/aromatic N) is 5. The second-order valence-electron chi connectivity index (χ2n) is 10.4. The highest BCUT2D eigenvalue weighted by Gasteiger charge is 2.33. The Bertz CT molecular complexity index is 1210. The molecule has 0 bridgehead atoms. The molecule has 4 heterocycles. The Morgan fingerprint density at radius 1 is 1.17 bits per heavy atom. The number of anilines is 1. The van der Waals surface area contributed by atoms with Crippen molar-refractivity contribution in [3.05, 3.63) is 42.0 Å². The topological polar surface area (TPSA) is 87.2 Å². The van der Waals surface area contributed by atoms with Crippen molar-refractivity contribution in [1.82, 2.24) is 24.8 Å². The van der Waals surface area contributed by atoms with E-state index in [1.165, 1.54) is 17.5 Å². The number of rotatable bonds is 7. The number of likely N-dealkylation sites (tertiary alicyclic amines) is 1. The summed E-state index contributed by atoms with van der Waals surface area (Å²) < 4.78 is 6.54. The summed E-state index contributed by atoms with van der Waals surface area (Å²) in [5, 5.41) is 0. The number of nitrogens with one attached hydrogen (secondary N) is 1. The lowest BCUT2D eigenvalue weighted by molar-refractivity contribution is -0.117. The highest BCUT2D eigenvalue weighted by Crippen LogP contribution is 2.35. The van der Waals surface area contributed by atoms with E-state index < -0.39 is 0 Å². The highest BCUT2D eigenvalue weighted by atomic mass is 16.5. The average Bonchev–Trinajstić information content (AvgIpc) is 3.62. The molecule has 1 aliphatic carbocycles. The van der Waals surface area contributed by atoms with Crippen LogP contribution in [-0.4, -0.2) is 68.9 Å². The molecule has 3 aliphatic rings. The molecule has 1 aromatic carbocycles. The van der Waals surface area contributed by atoms with E-state index in [1.807, 2.05) is 0 Å². The summed E-state index contributed by atoms with van der Waals surface area (Å²) in [5.74, 6) is 2.80. The number of H-pyrrole nitrogens is 1. The van der Waals surface area contributed by atoms with E-state index in [1.54, 1.807) is 19.6 Å². The molecule has 0 spiro atoms. The summed E-state index contributed by atoms with van der Waals surface area (Å²) in [6.07, 6.45) is 10.7. The lowest BCUT2D eigenvalue weighted by Crippen LogP contribution is -2.38. The van der Waals surface area contributed by atoms with Crippen LogP contribution in [0.5, 0.6) is 5.75 Å². The van der Waals surface area contributed by atoms with Gasteiger partial charge in [0.05, 0.1) is 12.4 Å². The Hall–Kier alpha value is -3.00. The smallest absolute Gasteiger partial charge is 0.182 e. The maximum absolute atomic E-state index is 11.6. The molecule has 184 valence electrons. The van der Waals surface area contributed by atoms with Crippen LogP contribution in [0.2, 0.25) is 0 Å². The third kappa shape index (κ3) is 4.51. The van der Waals surface area contributed by atoms with Gasteiger partial charge in [0.25, 0.3) is 0 Å². The van der Waals surface area contributed by atoms with Gasteiger partial charge in [0.15, 0.2) is 11.5 Å². The summed E-state index contributed by atoms with van der Waals surface area (Å²) in [5.41, 5.74) is 4.41. The molecule has 8 nitrogen and oxygen atoms in total. The largest absolute Gasteiger partial charge is 0.491 e. The zero-order valence-electron chi connectivity index (χ0n) is 20.4. The maximum atomic E-state index is 11.6. The van der Waals surface area contributed by atoms with Gasteiger partial charge in [0.2, 0.25) is 0 Å². The third-order valence-corrected chi connectivity index (χ3v) is 8.11. The van der Waals surface area contributed by atoms with Crippen molar-refractivity contribution in [2.75, 3.05) is 31.1 Å². The molecule has 0 amide bonds. The van der Waals surface area contributed by atoms with Gasteiger partial charge in [0, 0.05) is 25.6 Å². The van der Waals surface area contributed by atoms with E-state index in [-0.39, 0.29) is 6.04 Å². The van der Waals surface area contributed by atoms with Crippen molar-refractivity contribution >= 4 is 22.8 Å². The number of benzene rings is 1. The minimum absolute atomic E-state index is 0.276. The van der Waals surface area contributed by atoms with E-state index >= 15 is 0 Å². The van der Waals surface area contributed by atoms with Crippen molar-refractivity contribution in [2.24, 2.45) is 5.92 Å². The van der Waals surface area contributed by atoms with E-state index in [9.17, 15) is 4.79 Å². The van der Waals surface area contributed by atoms with Crippen LogP contribution in [0.25, 0.3) is 11.2 Å². The average molecular weight is 475 g/mol. The fraction of sp³-hybridized carbons (Fsp3) is 0.556. The SMILES string of the molecule is CC(=O)CC1CCN(C2CCc3cccc(OC[C@H]4CCCN4c4ncnc5nc[nH]c45)c3C2)C1. The van der Waals surface area contributed by atoms with Crippen LogP contribution in [0, 0.1) is 5.92 Å². The summed E-state index contributed by atoms with van der Waals surface area (Å²) in [6, 6.07) is 7.36. The first-order chi connectivity index (χ1) is 17.2. The van der Waals surface area contributed by atoms with Crippen LogP contribution in [-0.2, 0) is 17.6 Å². The first-order valence-corrected chi connectivity index (χ1v) is 13.0. The summed E-state index contributed by atoms with van der Waals surface area (Å²) in [4.78, 5) is 32.9. The Morgan fingerprint density at radius 2 is 2.11 bits per heavy atom. The second-order valence-corrected chi connectivity index (χ2v) is 10.4. The lowest BCUT2D eigenvalue weighted by Gasteiger charge is -2.33. The van der Waals surface area contributed by atoms with Crippen molar-refractivity contribution in [3.8, 4) is 5.75 Å². The Labute approximate surface area is 206 Å². The molecule has 6 rings (SSSR count). The number of ketones is 1. The van der Waals surface area contributed by atoms with Crippen LogP contribution < -0.4 is 9.64 Å². The number of imidazole rings is 1. The molecule has 2 fully saturated rings. The van der Waals surface area contributed by atoms with Gasteiger partial charge < -0.3 is 19.4 Å². The Balaban J connectivity index is 1.15. The number of carbonyl (C=O) groups excluding carboxylic acids is 1. The van der Waals surface area contributed by atoms with Crippen LogP contribution >= 0.6 is 0 Å². The number of Topliss-reactive ketones (excluding diaryl/α,β-unsaturated/α-hetero) is 1. The standard InChI is InChI=1S/C27H34N6O2/c1-18(34)12-19-9-11-32(14-19)21-8-7-20-4-2-6-24(23(20)13-21)35-15-22-5-3-10-33(22)27-25-26(29-16-28-25)30-17-31-27/h2,4,6,16-17,19,21-22H,3,5,7-15H2,1H3,(H,28,29,30,31)/t19?,21?,22-/m1/s1. The molecule has 0 radical (unpaired) electrons. The molecule has 1 N–H and O–H groups in total. The van der Waals surface area contributed by atoms with Crippen LogP contribution in [0.3, 0.4) is 0 Å². The number of aromatic nitrogens is 4. The van der Waals surface area contributed by atoms with Gasteiger partial charge in [-0.15, -0.1) is 0 Å². The number of fused-ring (bicyclic) bond motifs is 2. The van der Waals surface area contributed by atoms with Gasteiger partial charge in [-0.05, 0) is 75.1 Å². The molecular weight excluding hydrogens is 440 g/mol. The first kappa shape index (κ1) is 22.5. The molecule has 8 heteroatoms. The van der Waals surface area contributed by atoms with Crippen molar-refractivity contribution in [3.63, 3.8) is 0 Å². The first-order valence-electron chi connectivity index (χ1n) is 13.0. The predicted octanol–water partition coefficient (Wildman–Crippen LogP) is 3.56. The lowest BCUT2D eigenvalue weighted by atomic mass is 9.87. The third-order valence-electron chi connectivity index (χ3n) is 8.11. The number of carbonyl (C=O) groups is 1. The predicted molar refractivity (Wildman–Crippen MR) is 135 cm³/mol. The van der Waals surface area contributed by atoms with Gasteiger partial charge in [-0.3, -0.25) is 4.90 Å². The van der Waals surface area contributed by atoms with E-state index in [2.05, 4.69) is 47.9 Å². The second kappa shape index (κ2) is 9.57. The molecule has 35 heavy (non-hydrogen) atoms. The van der Waals surface area contributed by atoms with Gasteiger partial charge in [-0.1, -0.05) is 12.1 Å². The zero-order chi connectivity index (χ0) is 23.8. The molecule has 3 aromatic rings. The fourth-order valence-electron chi connectivity index (χ4n) is 6.39. The minimum atomic E-state index is 0.276. The van der Waals surface area contributed by atoms with E-state index in [4.69, 9.17) is 4.74 Å². The zero-order valence-corrected chi connectivity index (χ0v) is 20.4. The quantitative estimate of drug-likeness (QED) is 0.560. The number of ether oxygens (including phenoxy) is 1. The summed E-state index contributed by atoms with van der Waals surface area (Å²) >= 11 is 0. The van der Waals surface area contributed by atoms with Crippen molar-refractivity contribution in [1.29, 1.82) is 0 Å². The Kier molecular flexibility index (Phi) is 6.14. The summed E-state index contributed by atoms with van der Waals surface area (Å²) in [6.45, 7) is 5.49. The molecule has 2 unspecified atom stereocenters.